The molecule has 1 N–H and O–H groups in total. The summed E-state index contributed by atoms with van der Waals surface area (Å²) in [5.74, 6) is -0.0894. The first-order chi connectivity index (χ1) is 18.6. The van der Waals surface area contributed by atoms with Crippen molar-refractivity contribution in [2.45, 2.75) is 6.04 Å². The third-order valence-electron chi connectivity index (χ3n) is 6.89. The number of pyridine rings is 1. The number of likely N-dealkylation sites (tertiary alicyclic amines) is 1. The molecule has 5 heterocycles. The Balaban J connectivity index is 1.13. The molecule has 6 rings (SSSR count). The smallest absolute Gasteiger partial charge is 0.255 e. The zero-order chi connectivity index (χ0) is 26.1. The van der Waals surface area contributed by atoms with E-state index >= 15 is 0 Å². The van der Waals surface area contributed by atoms with E-state index in [1.807, 2.05) is 4.90 Å². The molecule has 0 unspecified atom stereocenters. The fourth-order valence-corrected chi connectivity index (χ4v) is 4.71. The highest BCUT2D eigenvalue weighted by molar-refractivity contribution is 5.95. The van der Waals surface area contributed by atoms with Gasteiger partial charge in [0.1, 0.15) is 18.0 Å². The van der Waals surface area contributed by atoms with Crippen molar-refractivity contribution in [2.24, 2.45) is 0 Å². The van der Waals surface area contributed by atoms with Crippen molar-refractivity contribution >= 4 is 16.8 Å². The highest BCUT2D eigenvalue weighted by Gasteiger charge is 2.35. The van der Waals surface area contributed by atoms with Crippen LogP contribution < -0.4 is 4.74 Å². The summed E-state index contributed by atoms with van der Waals surface area (Å²) in [5, 5.41) is 11.8. The normalized spacial score (nSPS) is 16.6. The summed E-state index contributed by atoms with van der Waals surface area (Å²) in [6.45, 7) is 5.33. The van der Waals surface area contributed by atoms with Crippen molar-refractivity contribution in [2.75, 3.05) is 59.7 Å². The minimum atomic E-state index is -0.517. The number of hydrogen-bond acceptors (Lipinski definition) is 9. The van der Waals surface area contributed by atoms with Gasteiger partial charge in [0.15, 0.2) is 17.3 Å². The predicted molar refractivity (Wildman–Crippen MR) is 134 cm³/mol. The summed E-state index contributed by atoms with van der Waals surface area (Å²) in [6.07, 6.45) is 1.55. The van der Waals surface area contributed by atoms with Gasteiger partial charge in [-0.1, -0.05) is 5.16 Å². The molecule has 0 aliphatic carbocycles. The highest BCUT2D eigenvalue weighted by Crippen LogP contribution is 2.32. The lowest BCUT2D eigenvalue weighted by Gasteiger charge is -2.46. The van der Waals surface area contributed by atoms with Gasteiger partial charge in [0.2, 0.25) is 0 Å². The van der Waals surface area contributed by atoms with Gasteiger partial charge in [-0.25, -0.2) is 4.39 Å². The molecule has 3 aromatic heterocycles. The van der Waals surface area contributed by atoms with Crippen molar-refractivity contribution < 1.29 is 27.9 Å². The summed E-state index contributed by atoms with van der Waals surface area (Å²) in [6, 6.07) is 8.45. The Bertz CT molecular complexity index is 1430. The molecule has 1 amide bonds. The topological polar surface area (TPSA) is 119 Å². The van der Waals surface area contributed by atoms with Crippen LogP contribution in [0.2, 0.25) is 0 Å². The van der Waals surface area contributed by atoms with Crippen molar-refractivity contribution in [3.8, 4) is 28.6 Å². The molecule has 1 aromatic carbocycles. The quantitative estimate of drug-likeness (QED) is 0.348. The monoisotopic (exact) mass is 522 g/mol. The molecule has 0 atom stereocenters. The van der Waals surface area contributed by atoms with Crippen molar-refractivity contribution in [1.82, 2.24) is 30.1 Å². The van der Waals surface area contributed by atoms with Gasteiger partial charge >= 0.3 is 0 Å². The SMILES string of the molecule is COCCOc1cc2[nH]nc(-c3cc(-c4ccc(C(=O)N5CC(N6CCOCC6)C5)cn4)no3)c2cc1F. The number of carbonyl (C=O) groups excluding carboxylic acids is 1. The molecule has 2 aliphatic heterocycles. The minimum absolute atomic E-state index is 0.0370. The van der Waals surface area contributed by atoms with E-state index in [1.165, 1.54) is 6.07 Å². The Morgan fingerprint density at radius 3 is 2.76 bits per heavy atom. The average Bonchev–Trinajstić information content (AvgIpc) is 3.56. The van der Waals surface area contributed by atoms with E-state index < -0.39 is 5.82 Å². The number of methoxy groups -OCH3 is 1. The Morgan fingerprint density at radius 2 is 2.00 bits per heavy atom. The molecule has 0 radical (unpaired) electrons. The second-order valence-corrected chi connectivity index (χ2v) is 9.26. The Hall–Kier alpha value is -3.87. The standard InChI is InChI=1S/C26H27FN6O5/c1-35-8-9-37-23-11-21-18(10-19(23)27)25(30-29-21)24-12-22(31-38-24)20-3-2-16(13-28-20)26(34)33-14-17(15-33)32-4-6-36-7-5-32/h2-3,10-13,17H,4-9,14-15H2,1H3,(H,29,30). The number of fused-ring (bicyclic) bond motifs is 1. The summed E-state index contributed by atoms with van der Waals surface area (Å²) < 4.78 is 35.9. The van der Waals surface area contributed by atoms with E-state index in [1.54, 1.807) is 37.6 Å². The number of halogens is 1. The van der Waals surface area contributed by atoms with Crippen LogP contribution in [0.3, 0.4) is 0 Å². The third-order valence-corrected chi connectivity index (χ3v) is 6.89. The van der Waals surface area contributed by atoms with Gasteiger partial charge in [-0.05, 0) is 18.2 Å². The van der Waals surface area contributed by atoms with Crippen LogP contribution in [0.25, 0.3) is 33.7 Å². The number of H-pyrrole nitrogens is 1. The molecule has 2 aliphatic rings. The number of carbonyl (C=O) groups is 1. The molecule has 2 fully saturated rings. The van der Waals surface area contributed by atoms with E-state index in [-0.39, 0.29) is 18.3 Å². The van der Waals surface area contributed by atoms with Crippen LogP contribution in [0, 0.1) is 5.82 Å². The number of rotatable bonds is 8. The first-order valence-corrected chi connectivity index (χ1v) is 12.4. The van der Waals surface area contributed by atoms with Gasteiger partial charge in [-0.2, -0.15) is 5.10 Å². The summed E-state index contributed by atoms with van der Waals surface area (Å²) in [7, 11) is 1.55. The van der Waals surface area contributed by atoms with E-state index in [9.17, 15) is 9.18 Å². The van der Waals surface area contributed by atoms with E-state index in [4.69, 9.17) is 18.7 Å². The molecular formula is C26H27FN6O5. The van der Waals surface area contributed by atoms with Crippen LogP contribution in [0.5, 0.6) is 5.75 Å². The van der Waals surface area contributed by atoms with E-state index in [0.29, 0.717) is 65.0 Å². The summed E-state index contributed by atoms with van der Waals surface area (Å²) >= 11 is 0. The lowest BCUT2D eigenvalue weighted by molar-refractivity contribution is -0.0256. The number of ether oxygens (including phenoxy) is 3. The zero-order valence-corrected chi connectivity index (χ0v) is 20.9. The molecule has 4 aromatic rings. The molecule has 198 valence electrons. The maximum atomic E-state index is 14.6. The number of benzene rings is 1. The van der Waals surface area contributed by atoms with Crippen molar-refractivity contribution in [1.29, 1.82) is 0 Å². The van der Waals surface area contributed by atoms with Crippen molar-refractivity contribution in [3.05, 3.63) is 47.9 Å². The molecule has 0 saturated carbocycles. The van der Waals surface area contributed by atoms with E-state index in [2.05, 4.69) is 25.2 Å². The van der Waals surface area contributed by atoms with Crippen LogP contribution in [0.15, 0.2) is 41.1 Å². The highest BCUT2D eigenvalue weighted by atomic mass is 19.1. The largest absolute Gasteiger partial charge is 0.488 e. The number of amides is 1. The average molecular weight is 523 g/mol. The van der Waals surface area contributed by atoms with Gasteiger partial charge in [-0.3, -0.25) is 19.8 Å². The Labute approximate surface area is 217 Å². The van der Waals surface area contributed by atoms with Crippen LogP contribution in [-0.2, 0) is 9.47 Å². The minimum Gasteiger partial charge on any atom is -0.488 e. The molecule has 0 spiro atoms. The Kier molecular flexibility index (Phi) is 6.75. The van der Waals surface area contributed by atoms with Crippen LogP contribution >= 0.6 is 0 Å². The molecule has 2 saturated heterocycles. The third kappa shape index (κ3) is 4.73. The lowest BCUT2D eigenvalue weighted by Crippen LogP contribution is -2.62. The number of aromatic amines is 1. The molecule has 11 nitrogen and oxygen atoms in total. The van der Waals surface area contributed by atoms with Gasteiger partial charge in [0.25, 0.3) is 5.91 Å². The maximum absolute atomic E-state index is 14.6. The summed E-state index contributed by atoms with van der Waals surface area (Å²) in [5.41, 5.74) is 2.56. The van der Waals surface area contributed by atoms with Crippen LogP contribution in [0.1, 0.15) is 10.4 Å². The number of nitrogens with one attached hydrogen (secondary N) is 1. The maximum Gasteiger partial charge on any atom is 0.255 e. The fourth-order valence-electron chi connectivity index (χ4n) is 4.71. The lowest BCUT2D eigenvalue weighted by atomic mass is 10.0. The first kappa shape index (κ1) is 24.5. The second-order valence-electron chi connectivity index (χ2n) is 9.26. The van der Waals surface area contributed by atoms with E-state index in [0.717, 1.165) is 26.3 Å². The number of hydrogen-bond donors (Lipinski definition) is 1. The van der Waals surface area contributed by atoms with Gasteiger partial charge in [0.05, 0.1) is 36.6 Å². The second kappa shape index (κ2) is 10.5. The van der Waals surface area contributed by atoms with Gasteiger partial charge < -0.3 is 23.6 Å². The molecule has 0 bridgehead atoms. The van der Waals surface area contributed by atoms with Crippen LogP contribution in [-0.4, -0.2) is 102 Å². The zero-order valence-electron chi connectivity index (χ0n) is 20.9. The fraction of sp³-hybridized carbons (Fsp3) is 0.385. The van der Waals surface area contributed by atoms with Crippen LogP contribution in [0.4, 0.5) is 4.39 Å². The first-order valence-electron chi connectivity index (χ1n) is 12.4. The molecule has 38 heavy (non-hydrogen) atoms. The number of morpholine rings is 1. The number of aromatic nitrogens is 4. The molecular weight excluding hydrogens is 495 g/mol. The van der Waals surface area contributed by atoms with Gasteiger partial charge in [-0.15, -0.1) is 0 Å². The van der Waals surface area contributed by atoms with Crippen molar-refractivity contribution in [3.63, 3.8) is 0 Å². The molecule has 12 heteroatoms. The predicted octanol–water partition coefficient (Wildman–Crippen LogP) is 2.60. The summed E-state index contributed by atoms with van der Waals surface area (Å²) in [4.78, 5) is 21.5. The number of nitrogens with zero attached hydrogens (tertiary/aromatic N) is 5. The Morgan fingerprint density at radius 1 is 1.16 bits per heavy atom. The van der Waals surface area contributed by atoms with Gasteiger partial charge in [0, 0.05) is 63.0 Å².